The zero-order valence-corrected chi connectivity index (χ0v) is 11.5. The van der Waals surface area contributed by atoms with E-state index in [0.29, 0.717) is 12.1 Å². The van der Waals surface area contributed by atoms with Crippen molar-refractivity contribution in [2.75, 3.05) is 0 Å². The average Bonchev–Trinajstić information content (AvgIpc) is 2.82. The van der Waals surface area contributed by atoms with Crippen LogP contribution in [-0.2, 0) is 0 Å². The molecule has 0 bridgehead atoms. The van der Waals surface area contributed by atoms with Crippen molar-refractivity contribution in [3.05, 3.63) is 34.9 Å². The van der Waals surface area contributed by atoms with Crippen LogP contribution in [0.25, 0.3) is 0 Å². The van der Waals surface area contributed by atoms with E-state index < -0.39 is 0 Å². The molecule has 1 aliphatic carbocycles. The van der Waals surface area contributed by atoms with Crippen molar-refractivity contribution in [3.63, 3.8) is 0 Å². The van der Waals surface area contributed by atoms with Crippen LogP contribution in [-0.4, -0.2) is 6.04 Å². The molecule has 2 atom stereocenters. The van der Waals surface area contributed by atoms with Crippen molar-refractivity contribution in [2.24, 2.45) is 5.92 Å². The van der Waals surface area contributed by atoms with E-state index in [2.05, 4.69) is 31.3 Å². The van der Waals surface area contributed by atoms with Crippen molar-refractivity contribution in [2.45, 2.75) is 51.6 Å². The Morgan fingerprint density at radius 1 is 1.18 bits per heavy atom. The lowest BCUT2D eigenvalue weighted by Gasteiger charge is -2.25. The lowest BCUT2D eigenvalue weighted by molar-refractivity contribution is 0.352. The molecule has 94 valence electrons. The predicted molar refractivity (Wildman–Crippen MR) is 74.4 cm³/mol. The van der Waals surface area contributed by atoms with Crippen LogP contribution >= 0.6 is 11.6 Å². The van der Waals surface area contributed by atoms with Crippen molar-refractivity contribution in [1.29, 1.82) is 0 Å². The van der Waals surface area contributed by atoms with Gasteiger partial charge in [0.25, 0.3) is 0 Å². The summed E-state index contributed by atoms with van der Waals surface area (Å²) in [5, 5.41) is 4.56. The third-order valence-electron chi connectivity index (χ3n) is 3.99. The molecule has 1 saturated carbocycles. The molecule has 0 heterocycles. The largest absolute Gasteiger partial charge is 0.307 e. The molecule has 2 rings (SSSR count). The molecule has 1 fully saturated rings. The molecular formula is C15H22ClN. The van der Waals surface area contributed by atoms with Gasteiger partial charge in [0.15, 0.2) is 0 Å². The summed E-state index contributed by atoms with van der Waals surface area (Å²) in [5.41, 5.74) is 1.21. The molecule has 0 aromatic heterocycles. The molecule has 0 radical (unpaired) electrons. The Labute approximate surface area is 110 Å². The van der Waals surface area contributed by atoms with E-state index in [1.807, 2.05) is 12.1 Å². The highest BCUT2D eigenvalue weighted by Gasteiger charge is 2.23. The monoisotopic (exact) mass is 251 g/mol. The quantitative estimate of drug-likeness (QED) is 0.827. The Balaban J connectivity index is 1.96. The Morgan fingerprint density at radius 3 is 2.47 bits per heavy atom. The summed E-state index contributed by atoms with van der Waals surface area (Å²) in [4.78, 5) is 0. The van der Waals surface area contributed by atoms with Gasteiger partial charge in [-0.15, -0.1) is 0 Å². The summed E-state index contributed by atoms with van der Waals surface area (Å²) in [6.45, 7) is 4.51. The average molecular weight is 252 g/mol. The number of rotatable bonds is 4. The van der Waals surface area contributed by atoms with E-state index in [1.165, 1.54) is 31.2 Å². The highest BCUT2D eigenvalue weighted by atomic mass is 35.5. The number of hydrogen-bond donors (Lipinski definition) is 1. The van der Waals surface area contributed by atoms with Gasteiger partial charge in [-0.05, 0) is 44.2 Å². The van der Waals surface area contributed by atoms with Gasteiger partial charge >= 0.3 is 0 Å². The zero-order valence-electron chi connectivity index (χ0n) is 10.7. The maximum Gasteiger partial charge on any atom is 0.0453 e. The van der Waals surface area contributed by atoms with Crippen LogP contribution < -0.4 is 5.32 Å². The Morgan fingerprint density at radius 2 is 1.82 bits per heavy atom. The summed E-state index contributed by atoms with van der Waals surface area (Å²) in [7, 11) is 0. The highest BCUT2D eigenvalue weighted by Crippen LogP contribution is 2.29. The second kappa shape index (κ2) is 5.88. The fourth-order valence-corrected chi connectivity index (χ4v) is 3.20. The summed E-state index contributed by atoms with van der Waals surface area (Å²) in [6, 6.07) is 9.04. The maximum absolute atomic E-state index is 6.22. The SMILES string of the molecule is CC(N[C@@H](C)c1ccccc1Cl)C1CCCC1. The van der Waals surface area contributed by atoms with Gasteiger partial charge in [0.1, 0.15) is 0 Å². The fraction of sp³-hybridized carbons (Fsp3) is 0.600. The Hall–Kier alpha value is -0.530. The first-order valence-electron chi connectivity index (χ1n) is 6.69. The summed E-state index contributed by atoms with van der Waals surface area (Å²) >= 11 is 6.22. The van der Waals surface area contributed by atoms with Crippen LogP contribution in [0.1, 0.15) is 51.1 Å². The fourth-order valence-electron chi connectivity index (χ4n) is 2.90. The van der Waals surface area contributed by atoms with Crippen LogP contribution in [0.2, 0.25) is 5.02 Å². The van der Waals surface area contributed by atoms with Crippen LogP contribution in [0.15, 0.2) is 24.3 Å². The standard InChI is InChI=1S/C15H22ClN/c1-11(13-7-3-4-8-13)17-12(2)14-9-5-6-10-15(14)16/h5-6,9-13,17H,3-4,7-8H2,1-2H3/t11?,12-/m0/s1. The first-order chi connectivity index (χ1) is 8.18. The normalized spacial score (nSPS) is 20.4. The van der Waals surface area contributed by atoms with Crippen LogP contribution in [0.5, 0.6) is 0 Å². The first-order valence-corrected chi connectivity index (χ1v) is 7.06. The number of hydrogen-bond acceptors (Lipinski definition) is 1. The van der Waals surface area contributed by atoms with Gasteiger partial charge in [-0.25, -0.2) is 0 Å². The van der Waals surface area contributed by atoms with Crippen molar-refractivity contribution in [3.8, 4) is 0 Å². The molecular weight excluding hydrogens is 230 g/mol. The van der Waals surface area contributed by atoms with Gasteiger partial charge in [-0.2, -0.15) is 0 Å². The minimum absolute atomic E-state index is 0.333. The van der Waals surface area contributed by atoms with Crippen molar-refractivity contribution >= 4 is 11.6 Å². The zero-order chi connectivity index (χ0) is 12.3. The van der Waals surface area contributed by atoms with Gasteiger partial charge in [0.2, 0.25) is 0 Å². The number of nitrogens with one attached hydrogen (secondary N) is 1. The molecule has 1 N–H and O–H groups in total. The van der Waals surface area contributed by atoms with E-state index in [0.717, 1.165) is 10.9 Å². The Bertz CT molecular complexity index is 358. The molecule has 1 aromatic carbocycles. The molecule has 1 unspecified atom stereocenters. The van der Waals surface area contributed by atoms with E-state index in [9.17, 15) is 0 Å². The highest BCUT2D eigenvalue weighted by molar-refractivity contribution is 6.31. The molecule has 1 aromatic rings. The van der Waals surface area contributed by atoms with Crippen LogP contribution in [0.3, 0.4) is 0 Å². The van der Waals surface area contributed by atoms with Crippen molar-refractivity contribution in [1.82, 2.24) is 5.32 Å². The Kier molecular flexibility index (Phi) is 4.47. The van der Waals surface area contributed by atoms with Gasteiger partial charge in [0, 0.05) is 17.1 Å². The van der Waals surface area contributed by atoms with Gasteiger partial charge < -0.3 is 5.32 Å². The van der Waals surface area contributed by atoms with Gasteiger partial charge in [0.05, 0.1) is 0 Å². The smallest absolute Gasteiger partial charge is 0.0453 e. The predicted octanol–water partition coefficient (Wildman–Crippen LogP) is 4.57. The van der Waals surface area contributed by atoms with Crippen molar-refractivity contribution < 1.29 is 0 Å². The molecule has 17 heavy (non-hydrogen) atoms. The maximum atomic E-state index is 6.22. The molecule has 1 aliphatic rings. The number of benzene rings is 1. The molecule has 1 nitrogen and oxygen atoms in total. The second-order valence-electron chi connectivity index (χ2n) is 5.24. The van der Waals surface area contributed by atoms with Gasteiger partial charge in [-0.1, -0.05) is 42.6 Å². The first kappa shape index (κ1) is 12.9. The van der Waals surface area contributed by atoms with E-state index >= 15 is 0 Å². The van der Waals surface area contributed by atoms with Crippen LogP contribution in [0, 0.1) is 5.92 Å². The lowest BCUT2D eigenvalue weighted by atomic mass is 9.98. The van der Waals surface area contributed by atoms with Gasteiger partial charge in [-0.3, -0.25) is 0 Å². The minimum atomic E-state index is 0.333. The topological polar surface area (TPSA) is 12.0 Å². The molecule has 2 heteroatoms. The molecule has 0 saturated heterocycles. The minimum Gasteiger partial charge on any atom is -0.307 e. The third kappa shape index (κ3) is 3.23. The summed E-state index contributed by atoms with van der Waals surface area (Å²) < 4.78 is 0. The lowest BCUT2D eigenvalue weighted by Crippen LogP contribution is -2.34. The molecule has 0 amide bonds. The summed E-state index contributed by atoms with van der Waals surface area (Å²) in [5.74, 6) is 0.847. The molecule has 0 aliphatic heterocycles. The van der Waals surface area contributed by atoms with E-state index in [1.54, 1.807) is 0 Å². The summed E-state index contributed by atoms with van der Waals surface area (Å²) in [6.07, 6.45) is 5.56. The van der Waals surface area contributed by atoms with Crippen LogP contribution in [0.4, 0.5) is 0 Å². The van der Waals surface area contributed by atoms with E-state index in [4.69, 9.17) is 11.6 Å². The van der Waals surface area contributed by atoms with E-state index in [-0.39, 0.29) is 0 Å². The number of halogens is 1. The molecule has 0 spiro atoms. The third-order valence-corrected chi connectivity index (χ3v) is 4.34. The second-order valence-corrected chi connectivity index (χ2v) is 5.65.